The van der Waals surface area contributed by atoms with Crippen LogP contribution in [0.3, 0.4) is 0 Å². The van der Waals surface area contributed by atoms with Gasteiger partial charge in [-0.2, -0.15) is 0 Å². The molecule has 1 N–H and O–H groups in total. The van der Waals surface area contributed by atoms with Gasteiger partial charge in [0, 0.05) is 18.7 Å². The van der Waals surface area contributed by atoms with Crippen LogP contribution in [0.5, 0.6) is 0 Å². The molecule has 3 nitrogen and oxygen atoms in total. The standard InChI is InChI=1S/C8H10N2OS/c12-7-1-3-9-8(10-7)6-2-4-11-5-6/h1,3,6H,2,4-5H2,(H,9,10,12). The molecule has 1 aromatic rings. The third kappa shape index (κ3) is 1.54. The van der Waals surface area contributed by atoms with Crippen LogP contribution in [0.1, 0.15) is 18.2 Å². The highest BCUT2D eigenvalue weighted by Crippen LogP contribution is 2.21. The zero-order valence-corrected chi connectivity index (χ0v) is 7.43. The lowest BCUT2D eigenvalue weighted by atomic mass is 10.1. The Bertz CT molecular complexity index is 317. The van der Waals surface area contributed by atoms with Crippen LogP contribution < -0.4 is 0 Å². The van der Waals surface area contributed by atoms with Crippen molar-refractivity contribution in [2.75, 3.05) is 13.2 Å². The summed E-state index contributed by atoms with van der Waals surface area (Å²) in [4.78, 5) is 7.29. The molecule has 4 heteroatoms. The van der Waals surface area contributed by atoms with Crippen molar-refractivity contribution in [1.29, 1.82) is 0 Å². The Labute approximate surface area is 75.8 Å². The van der Waals surface area contributed by atoms with E-state index in [0.29, 0.717) is 5.92 Å². The molecular weight excluding hydrogens is 172 g/mol. The first kappa shape index (κ1) is 7.89. The maximum atomic E-state index is 5.26. The summed E-state index contributed by atoms with van der Waals surface area (Å²) < 4.78 is 6.00. The molecule has 0 aliphatic carbocycles. The van der Waals surface area contributed by atoms with E-state index in [1.54, 1.807) is 12.3 Å². The Balaban J connectivity index is 2.27. The van der Waals surface area contributed by atoms with E-state index in [0.717, 1.165) is 30.1 Å². The van der Waals surface area contributed by atoms with Gasteiger partial charge >= 0.3 is 0 Å². The normalized spacial score (nSPS) is 22.8. The molecule has 0 aromatic carbocycles. The Morgan fingerprint density at radius 1 is 1.67 bits per heavy atom. The molecule has 0 spiro atoms. The molecule has 1 atom stereocenters. The van der Waals surface area contributed by atoms with E-state index in [2.05, 4.69) is 9.97 Å². The first-order valence-electron chi connectivity index (χ1n) is 3.99. The number of hydrogen-bond acceptors (Lipinski definition) is 3. The highest BCUT2D eigenvalue weighted by molar-refractivity contribution is 7.71. The molecular formula is C8H10N2OS. The van der Waals surface area contributed by atoms with Crippen LogP contribution in [0.4, 0.5) is 0 Å². The summed E-state index contributed by atoms with van der Waals surface area (Å²) in [6.07, 6.45) is 2.79. The lowest BCUT2D eigenvalue weighted by Crippen LogP contribution is -2.03. The Morgan fingerprint density at radius 2 is 2.58 bits per heavy atom. The molecule has 2 rings (SSSR count). The molecule has 12 heavy (non-hydrogen) atoms. The first-order chi connectivity index (χ1) is 5.86. The number of ether oxygens (including phenoxy) is 1. The monoisotopic (exact) mass is 182 g/mol. The van der Waals surface area contributed by atoms with Crippen LogP contribution in [-0.2, 0) is 4.74 Å². The predicted molar refractivity (Wildman–Crippen MR) is 47.6 cm³/mol. The largest absolute Gasteiger partial charge is 0.381 e. The minimum atomic E-state index is 0.410. The zero-order chi connectivity index (χ0) is 8.39. The lowest BCUT2D eigenvalue weighted by molar-refractivity contribution is 0.193. The summed E-state index contributed by atoms with van der Waals surface area (Å²) in [6, 6.07) is 1.79. The molecule has 0 saturated carbocycles. The van der Waals surface area contributed by atoms with Crippen LogP contribution in [0.2, 0.25) is 0 Å². The van der Waals surface area contributed by atoms with Gasteiger partial charge in [-0.25, -0.2) is 4.98 Å². The van der Waals surface area contributed by atoms with Crippen molar-refractivity contribution in [2.45, 2.75) is 12.3 Å². The van der Waals surface area contributed by atoms with Gasteiger partial charge in [0.1, 0.15) is 10.5 Å². The van der Waals surface area contributed by atoms with Crippen LogP contribution in [0, 0.1) is 4.64 Å². The average molecular weight is 182 g/mol. The lowest BCUT2D eigenvalue weighted by Gasteiger charge is -2.04. The van der Waals surface area contributed by atoms with E-state index in [1.807, 2.05) is 0 Å². The Hall–Kier alpha value is -0.740. The number of H-pyrrole nitrogens is 1. The molecule has 0 radical (unpaired) electrons. The highest BCUT2D eigenvalue weighted by Gasteiger charge is 2.18. The topological polar surface area (TPSA) is 37.9 Å². The summed E-state index contributed by atoms with van der Waals surface area (Å²) in [5.41, 5.74) is 0. The molecule has 1 aromatic heterocycles. The van der Waals surface area contributed by atoms with Gasteiger partial charge in [0.15, 0.2) is 0 Å². The average Bonchev–Trinajstić information content (AvgIpc) is 2.56. The number of hydrogen-bond donors (Lipinski definition) is 1. The summed E-state index contributed by atoms with van der Waals surface area (Å²) in [5, 5.41) is 0. The van der Waals surface area contributed by atoms with E-state index in [4.69, 9.17) is 17.0 Å². The fraction of sp³-hybridized carbons (Fsp3) is 0.500. The van der Waals surface area contributed by atoms with Crippen molar-refractivity contribution in [3.8, 4) is 0 Å². The maximum absolute atomic E-state index is 5.26. The number of rotatable bonds is 1. The van der Waals surface area contributed by atoms with Gasteiger partial charge in [-0.05, 0) is 12.5 Å². The SMILES string of the molecule is S=c1ccnc(C2CCOC2)[nH]1. The van der Waals surface area contributed by atoms with E-state index in [1.165, 1.54) is 0 Å². The number of aromatic amines is 1. The fourth-order valence-electron chi connectivity index (χ4n) is 1.34. The smallest absolute Gasteiger partial charge is 0.112 e. The van der Waals surface area contributed by atoms with Crippen molar-refractivity contribution < 1.29 is 4.74 Å². The molecule has 1 saturated heterocycles. The van der Waals surface area contributed by atoms with Crippen LogP contribution >= 0.6 is 12.2 Å². The second-order valence-electron chi connectivity index (χ2n) is 2.88. The first-order valence-corrected chi connectivity index (χ1v) is 4.40. The molecule has 1 unspecified atom stereocenters. The second-order valence-corrected chi connectivity index (χ2v) is 3.32. The summed E-state index contributed by atoms with van der Waals surface area (Å²) >= 11 is 5.00. The summed E-state index contributed by atoms with van der Waals surface area (Å²) in [6.45, 7) is 1.60. The summed E-state index contributed by atoms with van der Waals surface area (Å²) in [5.74, 6) is 1.37. The predicted octanol–water partition coefficient (Wildman–Crippen LogP) is 1.64. The van der Waals surface area contributed by atoms with Crippen molar-refractivity contribution in [3.63, 3.8) is 0 Å². The molecule has 1 aliphatic heterocycles. The van der Waals surface area contributed by atoms with Crippen molar-refractivity contribution in [2.24, 2.45) is 0 Å². The number of nitrogens with one attached hydrogen (secondary N) is 1. The maximum Gasteiger partial charge on any atom is 0.112 e. The van der Waals surface area contributed by atoms with E-state index < -0.39 is 0 Å². The molecule has 0 amide bonds. The molecule has 2 heterocycles. The van der Waals surface area contributed by atoms with Gasteiger partial charge < -0.3 is 9.72 Å². The Morgan fingerprint density at radius 3 is 3.25 bits per heavy atom. The highest BCUT2D eigenvalue weighted by atomic mass is 32.1. The molecule has 1 aliphatic rings. The second kappa shape index (κ2) is 3.33. The van der Waals surface area contributed by atoms with Crippen molar-refractivity contribution >= 4 is 12.2 Å². The zero-order valence-electron chi connectivity index (χ0n) is 6.62. The van der Waals surface area contributed by atoms with Gasteiger partial charge in [0.05, 0.1) is 6.61 Å². The number of aromatic nitrogens is 2. The van der Waals surface area contributed by atoms with E-state index >= 15 is 0 Å². The quantitative estimate of drug-likeness (QED) is 0.671. The van der Waals surface area contributed by atoms with Gasteiger partial charge in [-0.15, -0.1) is 0 Å². The molecule has 1 fully saturated rings. The van der Waals surface area contributed by atoms with Gasteiger partial charge in [0.2, 0.25) is 0 Å². The van der Waals surface area contributed by atoms with Gasteiger partial charge in [-0.3, -0.25) is 0 Å². The van der Waals surface area contributed by atoms with Crippen LogP contribution in [0.15, 0.2) is 12.3 Å². The minimum absolute atomic E-state index is 0.410. The van der Waals surface area contributed by atoms with Crippen molar-refractivity contribution in [1.82, 2.24) is 9.97 Å². The Kier molecular flexibility index (Phi) is 2.19. The van der Waals surface area contributed by atoms with Gasteiger partial charge in [-0.1, -0.05) is 12.2 Å². The molecule has 0 bridgehead atoms. The van der Waals surface area contributed by atoms with Gasteiger partial charge in [0.25, 0.3) is 0 Å². The van der Waals surface area contributed by atoms with Crippen LogP contribution in [0.25, 0.3) is 0 Å². The van der Waals surface area contributed by atoms with E-state index in [-0.39, 0.29) is 0 Å². The van der Waals surface area contributed by atoms with E-state index in [9.17, 15) is 0 Å². The fourth-order valence-corrected chi connectivity index (χ4v) is 1.51. The minimum Gasteiger partial charge on any atom is -0.381 e. The molecule has 64 valence electrons. The summed E-state index contributed by atoms with van der Waals surface area (Å²) in [7, 11) is 0. The third-order valence-corrected chi connectivity index (χ3v) is 2.25. The van der Waals surface area contributed by atoms with Crippen LogP contribution in [-0.4, -0.2) is 23.2 Å². The third-order valence-electron chi connectivity index (χ3n) is 2.01. The number of nitrogens with zero attached hydrogens (tertiary/aromatic N) is 1. The van der Waals surface area contributed by atoms with Crippen molar-refractivity contribution in [3.05, 3.63) is 22.7 Å².